The summed E-state index contributed by atoms with van der Waals surface area (Å²) in [6.07, 6.45) is 3.57. The number of nitrogens with one attached hydrogen (secondary N) is 1. The highest BCUT2D eigenvalue weighted by molar-refractivity contribution is 5.77. The number of nitrogens with zero attached hydrogens (tertiary/aromatic N) is 1. The van der Waals surface area contributed by atoms with Crippen molar-refractivity contribution in [3.05, 3.63) is 29.3 Å². The van der Waals surface area contributed by atoms with Crippen LogP contribution in [0.4, 0.5) is 4.79 Å². The van der Waals surface area contributed by atoms with Crippen LogP contribution in [-0.2, 0) is 4.74 Å². The molecule has 2 rings (SSSR count). The van der Waals surface area contributed by atoms with Crippen LogP contribution >= 0.6 is 0 Å². The lowest BCUT2D eigenvalue weighted by molar-refractivity contribution is 0.0177. The van der Waals surface area contributed by atoms with Gasteiger partial charge in [-0.05, 0) is 90.7 Å². The van der Waals surface area contributed by atoms with Gasteiger partial charge in [-0.2, -0.15) is 0 Å². The predicted molar refractivity (Wildman–Crippen MR) is 112 cm³/mol. The molecule has 1 N–H and O–H groups in total. The van der Waals surface area contributed by atoms with Crippen LogP contribution in [0.2, 0.25) is 0 Å². The lowest BCUT2D eigenvalue weighted by Gasteiger charge is -2.33. The van der Waals surface area contributed by atoms with Gasteiger partial charge >= 0.3 is 6.09 Å². The number of piperidine rings is 1. The standard InChI is InChI=1S/C20H29NO4.C2H7N/c1-15-13-18(6-5-17(15)14-22)24-12-9-16-7-10-21(11-8-16)19(23)25-20(2,3)4;1-3-2/h5-6,13-14,16H,7-12H2,1-4H3;3H,1-2H3. The average molecular weight is 393 g/mol. The number of hydrogen-bond donors (Lipinski definition) is 1. The summed E-state index contributed by atoms with van der Waals surface area (Å²) in [7, 11) is 3.75. The van der Waals surface area contributed by atoms with E-state index in [-0.39, 0.29) is 6.09 Å². The smallest absolute Gasteiger partial charge is 0.410 e. The van der Waals surface area contributed by atoms with Gasteiger partial charge < -0.3 is 19.7 Å². The number of benzene rings is 1. The molecule has 0 unspecified atom stereocenters. The zero-order valence-corrected chi connectivity index (χ0v) is 18.2. The summed E-state index contributed by atoms with van der Waals surface area (Å²) in [6.45, 7) is 9.70. The third kappa shape index (κ3) is 8.74. The van der Waals surface area contributed by atoms with Gasteiger partial charge in [-0.1, -0.05) is 0 Å². The van der Waals surface area contributed by atoms with Gasteiger partial charge in [0.25, 0.3) is 0 Å². The van der Waals surface area contributed by atoms with E-state index in [0.29, 0.717) is 18.1 Å². The minimum atomic E-state index is -0.445. The second kappa shape index (κ2) is 11.7. The second-order valence-corrected chi connectivity index (χ2v) is 8.18. The van der Waals surface area contributed by atoms with Gasteiger partial charge in [-0.25, -0.2) is 4.79 Å². The summed E-state index contributed by atoms with van der Waals surface area (Å²) in [5.74, 6) is 1.36. The molecule has 1 heterocycles. The van der Waals surface area contributed by atoms with E-state index in [1.807, 2.05) is 53.9 Å². The number of carbonyl (C=O) groups is 2. The van der Waals surface area contributed by atoms with Crippen molar-refractivity contribution in [1.82, 2.24) is 10.2 Å². The SMILES string of the molecule is CNC.Cc1cc(OCCC2CCN(C(=O)OC(C)(C)C)CC2)ccc1C=O. The molecule has 1 aromatic carbocycles. The van der Waals surface area contributed by atoms with Crippen molar-refractivity contribution in [3.8, 4) is 5.75 Å². The van der Waals surface area contributed by atoms with E-state index in [4.69, 9.17) is 9.47 Å². The molecule has 0 saturated carbocycles. The Hall–Kier alpha value is -2.08. The van der Waals surface area contributed by atoms with Crippen molar-refractivity contribution in [2.24, 2.45) is 5.92 Å². The quantitative estimate of drug-likeness (QED) is 0.766. The fourth-order valence-corrected chi connectivity index (χ4v) is 2.94. The monoisotopic (exact) mass is 392 g/mol. The first-order chi connectivity index (χ1) is 13.2. The topological polar surface area (TPSA) is 67.9 Å². The fourth-order valence-electron chi connectivity index (χ4n) is 2.94. The molecular formula is C22H36N2O4. The second-order valence-electron chi connectivity index (χ2n) is 8.18. The number of aryl methyl sites for hydroxylation is 1. The molecular weight excluding hydrogens is 356 g/mol. The lowest BCUT2D eigenvalue weighted by atomic mass is 9.94. The highest BCUT2D eigenvalue weighted by Gasteiger charge is 2.26. The van der Waals surface area contributed by atoms with Gasteiger partial charge in [-0.3, -0.25) is 4.79 Å². The summed E-state index contributed by atoms with van der Waals surface area (Å²) >= 11 is 0. The zero-order valence-electron chi connectivity index (χ0n) is 18.2. The van der Waals surface area contributed by atoms with Crippen LogP contribution in [0, 0.1) is 12.8 Å². The minimum absolute atomic E-state index is 0.215. The number of ether oxygens (including phenoxy) is 2. The molecule has 28 heavy (non-hydrogen) atoms. The molecule has 1 amide bonds. The first-order valence-corrected chi connectivity index (χ1v) is 9.95. The Morgan fingerprint density at radius 2 is 1.86 bits per heavy atom. The summed E-state index contributed by atoms with van der Waals surface area (Å²) in [6, 6.07) is 5.52. The van der Waals surface area contributed by atoms with E-state index in [1.165, 1.54) is 0 Å². The molecule has 0 radical (unpaired) electrons. The first-order valence-electron chi connectivity index (χ1n) is 9.95. The molecule has 1 saturated heterocycles. The average Bonchev–Trinajstić information content (AvgIpc) is 2.62. The Morgan fingerprint density at radius 3 is 2.36 bits per heavy atom. The van der Waals surface area contributed by atoms with Gasteiger partial charge in [0.1, 0.15) is 17.6 Å². The van der Waals surface area contributed by atoms with Gasteiger partial charge in [0.05, 0.1) is 6.61 Å². The molecule has 1 aromatic rings. The molecule has 6 nitrogen and oxygen atoms in total. The summed E-state index contributed by atoms with van der Waals surface area (Å²) < 4.78 is 11.2. The Morgan fingerprint density at radius 1 is 1.25 bits per heavy atom. The van der Waals surface area contributed by atoms with Gasteiger partial charge in [0, 0.05) is 18.7 Å². The van der Waals surface area contributed by atoms with Gasteiger partial charge in [0.15, 0.2) is 0 Å². The molecule has 0 aliphatic carbocycles. The first kappa shape index (κ1) is 24.0. The molecule has 0 atom stereocenters. The largest absolute Gasteiger partial charge is 0.494 e. The van der Waals surface area contributed by atoms with E-state index < -0.39 is 5.60 Å². The number of aldehydes is 1. The Kier molecular flexibility index (Phi) is 10.0. The van der Waals surface area contributed by atoms with Crippen molar-refractivity contribution in [2.75, 3.05) is 33.8 Å². The molecule has 1 aliphatic rings. The zero-order chi connectivity index (χ0) is 21.2. The molecule has 6 heteroatoms. The molecule has 0 bridgehead atoms. The molecule has 0 spiro atoms. The van der Waals surface area contributed by atoms with E-state index in [0.717, 1.165) is 50.0 Å². The highest BCUT2D eigenvalue weighted by Crippen LogP contribution is 2.23. The summed E-state index contributed by atoms with van der Waals surface area (Å²) in [5.41, 5.74) is 1.18. The van der Waals surface area contributed by atoms with Crippen molar-refractivity contribution < 1.29 is 19.1 Å². The predicted octanol–water partition coefficient (Wildman–Crippen LogP) is 4.06. The van der Waals surface area contributed by atoms with Crippen LogP contribution in [0.25, 0.3) is 0 Å². The Bertz CT molecular complexity index is 617. The van der Waals surface area contributed by atoms with E-state index >= 15 is 0 Å². The van der Waals surface area contributed by atoms with Crippen LogP contribution in [0.3, 0.4) is 0 Å². The minimum Gasteiger partial charge on any atom is -0.494 e. The van der Waals surface area contributed by atoms with Crippen LogP contribution in [0.1, 0.15) is 56.0 Å². The van der Waals surface area contributed by atoms with Crippen molar-refractivity contribution in [3.63, 3.8) is 0 Å². The number of carbonyl (C=O) groups excluding carboxylic acids is 2. The third-order valence-corrected chi connectivity index (χ3v) is 4.43. The number of likely N-dealkylation sites (tertiary alicyclic amines) is 1. The van der Waals surface area contributed by atoms with Crippen LogP contribution in [0.5, 0.6) is 5.75 Å². The molecule has 158 valence electrons. The van der Waals surface area contributed by atoms with Crippen LogP contribution in [-0.4, -0.2) is 56.7 Å². The van der Waals surface area contributed by atoms with Crippen molar-refractivity contribution in [1.29, 1.82) is 0 Å². The maximum Gasteiger partial charge on any atom is 0.410 e. The molecule has 1 aliphatic heterocycles. The number of hydrogen-bond acceptors (Lipinski definition) is 5. The van der Waals surface area contributed by atoms with Crippen LogP contribution in [0.15, 0.2) is 18.2 Å². The normalized spacial score (nSPS) is 14.7. The molecule has 1 fully saturated rings. The van der Waals surface area contributed by atoms with E-state index in [9.17, 15) is 9.59 Å². The fraction of sp³-hybridized carbons (Fsp3) is 0.636. The maximum absolute atomic E-state index is 12.1. The van der Waals surface area contributed by atoms with Crippen molar-refractivity contribution in [2.45, 2.75) is 52.6 Å². The third-order valence-electron chi connectivity index (χ3n) is 4.43. The number of rotatable bonds is 5. The molecule has 0 aromatic heterocycles. The number of amides is 1. The Labute approximate surface area is 169 Å². The Balaban J connectivity index is 0.00000122. The summed E-state index contributed by atoms with van der Waals surface area (Å²) in [5, 5.41) is 2.75. The van der Waals surface area contributed by atoms with Gasteiger partial charge in [-0.15, -0.1) is 0 Å². The maximum atomic E-state index is 12.1. The van der Waals surface area contributed by atoms with Gasteiger partial charge in [0.2, 0.25) is 0 Å². The highest BCUT2D eigenvalue weighted by atomic mass is 16.6. The van der Waals surface area contributed by atoms with E-state index in [1.54, 1.807) is 11.0 Å². The van der Waals surface area contributed by atoms with E-state index in [2.05, 4.69) is 5.32 Å². The summed E-state index contributed by atoms with van der Waals surface area (Å²) in [4.78, 5) is 24.7. The lowest BCUT2D eigenvalue weighted by Crippen LogP contribution is -2.41. The van der Waals surface area contributed by atoms with Crippen molar-refractivity contribution >= 4 is 12.4 Å². The van der Waals surface area contributed by atoms with Crippen LogP contribution < -0.4 is 10.1 Å².